The molecule has 1 fully saturated rings. The highest BCUT2D eigenvalue weighted by Crippen LogP contribution is 2.38. The van der Waals surface area contributed by atoms with E-state index < -0.39 is 5.97 Å². The topological polar surface area (TPSA) is 82.1 Å². The van der Waals surface area contributed by atoms with Crippen LogP contribution < -0.4 is 9.47 Å². The monoisotopic (exact) mass is 603 g/mol. The SMILES string of the molecule is CCOC(=O)COc1c(I)cc(/C=C2/SC(=O)N(Cc3cccc4ccccc34)C2=O)cc1OC. The van der Waals surface area contributed by atoms with Crippen molar-refractivity contribution in [1.29, 1.82) is 0 Å². The van der Waals surface area contributed by atoms with Crippen LogP contribution in [0.4, 0.5) is 4.79 Å². The molecule has 1 aliphatic heterocycles. The van der Waals surface area contributed by atoms with Crippen molar-refractivity contribution in [2.45, 2.75) is 13.5 Å². The molecule has 0 saturated carbocycles. The molecule has 0 unspecified atom stereocenters. The van der Waals surface area contributed by atoms with Crippen molar-refractivity contribution in [3.05, 3.63) is 74.2 Å². The number of carbonyl (C=O) groups is 3. The zero-order valence-electron chi connectivity index (χ0n) is 19.1. The van der Waals surface area contributed by atoms with Gasteiger partial charge >= 0.3 is 5.97 Å². The van der Waals surface area contributed by atoms with Crippen LogP contribution in [0, 0.1) is 3.57 Å². The standard InChI is InChI=1S/C26H22INO6S/c1-3-33-23(29)15-34-24-20(27)11-16(12-21(24)32-2)13-22-25(30)28(26(31)35-22)14-18-9-6-8-17-7-4-5-10-19(17)18/h4-13H,3,14-15H2,1-2H3/b22-13+. The highest BCUT2D eigenvalue weighted by Gasteiger charge is 2.35. The van der Waals surface area contributed by atoms with E-state index in [-0.39, 0.29) is 30.9 Å². The molecule has 0 radical (unpaired) electrons. The van der Waals surface area contributed by atoms with E-state index >= 15 is 0 Å². The number of rotatable bonds is 8. The van der Waals surface area contributed by atoms with Crippen LogP contribution in [0.5, 0.6) is 11.5 Å². The van der Waals surface area contributed by atoms with Crippen LogP contribution >= 0.6 is 34.4 Å². The lowest BCUT2D eigenvalue weighted by Gasteiger charge is -2.14. The third-order valence-electron chi connectivity index (χ3n) is 5.27. The number of benzene rings is 3. The molecule has 7 nitrogen and oxygen atoms in total. The second-order valence-corrected chi connectivity index (χ2v) is 9.69. The van der Waals surface area contributed by atoms with Crippen LogP contribution in [0.2, 0.25) is 0 Å². The van der Waals surface area contributed by atoms with Crippen molar-refractivity contribution in [2.24, 2.45) is 0 Å². The zero-order chi connectivity index (χ0) is 24.9. The number of halogens is 1. The van der Waals surface area contributed by atoms with E-state index in [2.05, 4.69) is 22.6 Å². The zero-order valence-corrected chi connectivity index (χ0v) is 22.1. The highest BCUT2D eigenvalue weighted by molar-refractivity contribution is 14.1. The van der Waals surface area contributed by atoms with Gasteiger partial charge in [0.05, 0.1) is 28.7 Å². The van der Waals surface area contributed by atoms with Crippen molar-refractivity contribution < 1.29 is 28.6 Å². The van der Waals surface area contributed by atoms with Crippen LogP contribution in [0.1, 0.15) is 18.1 Å². The molecule has 4 rings (SSSR count). The summed E-state index contributed by atoms with van der Waals surface area (Å²) >= 11 is 2.98. The molecule has 9 heteroatoms. The van der Waals surface area contributed by atoms with Gasteiger partial charge in [0.2, 0.25) is 0 Å². The minimum atomic E-state index is -0.478. The number of ether oxygens (including phenoxy) is 3. The molecule has 0 aliphatic carbocycles. The van der Waals surface area contributed by atoms with Crippen molar-refractivity contribution in [3.8, 4) is 11.5 Å². The Morgan fingerprint density at radius 1 is 1.11 bits per heavy atom. The molecule has 0 spiro atoms. The van der Waals surface area contributed by atoms with Crippen LogP contribution in [0.15, 0.2) is 59.5 Å². The molecule has 0 aromatic heterocycles. The Labute approximate surface area is 220 Å². The lowest BCUT2D eigenvalue weighted by atomic mass is 10.0. The number of nitrogens with zero attached hydrogens (tertiary/aromatic N) is 1. The van der Waals surface area contributed by atoms with E-state index in [0.717, 1.165) is 28.1 Å². The van der Waals surface area contributed by atoms with E-state index in [1.54, 1.807) is 25.1 Å². The Morgan fingerprint density at radius 2 is 1.89 bits per heavy atom. The summed E-state index contributed by atoms with van der Waals surface area (Å²) in [5.41, 5.74) is 1.58. The fourth-order valence-corrected chi connectivity index (χ4v) is 5.30. The highest BCUT2D eigenvalue weighted by atomic mass is 127. The number of amides is 2. The van der Waals surface area contributed by atoms with E-state index in [0.29, 0.717) is 25.5 Å². The second-order valence-electron chi connectivity index (χ2n) is 7.53. The molecule has 180 valence electrons. The van der Waals surface area contributed by atoms with Gasteiger partial charge in [-0.25, -0.2) is 4.79 Å². The van der Waals surface area contributed by atoms with Gasteiger partial charge in [-0.05, 0) is 81.4 Å². The molecular formula is C26H22INO6S. The molecule has 35 heavy (non-hydrogen) atoms. The van der Waals surface area contributed by atoms with Gasteiger partial charge in [-0.15, -0.1) is 0 Å². The lowest BCUT2D eigenvalue weighted by molar-refractivity contribution is -0.145. The normalized spacial score (nSPS) is 14.6. The minimum absolute atomic E-state index is 0.199. The summed E-state index contributed by atoms with van der Waals surface area (Å²) in [5, 5.41) is 1.75. The smallest absolute Gasteiger partial charge is 0.344 e. The molecular weight excluding hydrogens is 581 g/mol. The molecule has 0 bridgehead atoms. The third-order valence-corrected chi connectivity index (χ3v) is 6.98. The summed E-state index contributed by atoms with van der Waals surface area (Å²) in [7, 11) is 1.49. The van der Waals surface area contributed by atoms with Gasteiger partial charge in [-0.3, -0.25) is 14.5 Å². The molecule has 3 aromatic carbocycles. The first-order valence-electron chi connectivity index (χ1n) is 10.8. The Morgan fingerprint density at radius 3 is 2.66 bits per heavy atom. The lowest BCUT2D eigenvalue weighted by Crippen LogP contribution is -2.27. The van der Waals surface area contributed by atoms with Crippen molar-refractivity contribution in [3.63, 3.8) is 0 Å². The average Bonchev–Trinajstić information content (AvgIpc) is 3.10. The molecule has 1 heterocycles. The van der Waals surface area contributed by atoms with Crippen molar-refractivity contribution in [2.75, 3.05) is 20.3 Å². The van der Waals surface area contributed by atoms with E-state index in [4.69, 9.17) is 14.2 Å². The first-order chi connectivity index (χ1) is 16.9. The summed E-state index contributed by atoms with van der Waals surface area (Å²) in [6, 6.07) is 17.2. The van der Waals surface area contributed by atoms with Gasteiger partial charge in [0.25, 0.3) is 11.1 Å². The average molecular weight is 603 g/mol. The molecule has 0 N–H and O–H groups in total. The fourth-order valence-electron chi connectivity index (χ4n) is 3.69. The van der Waals surface area contributed by atoms with E-state index in [9.17, 15) is 14.4 Å². The van der Waals surface area contributed by atoms with Crippen molar-refractivity contribution in [1.82, 2.24) is 4.90 Å². The molecule has 0 atom stereocenters. The fraction of sp³-hybridized carbons (Fsp3) is 0.192. The maximum Gasteiger partial charge on any atom is 0.344 e. The van der Waals surface area contributed by atoms with E-state index in [1.807, 2.05) is 42.5 Å². The van der Waals surface area contributed by atoms with E-state index in [1.165, 1.54) is 12.0 Å². The predicted molar refractivity (Wildman–Crippen MR) is 143 cm³/mol. The largest absolute Gasteiger partial charge is 0.493 e. The van der Waals surface area contributed by atoms with Gasteiger partial charge in [0.1, 0.15) is 0 Å². The molecule has 1 aliphatic rings. The molecule has 1 saturated heterocycles. The number of thioether (sulfide) groups is 1. The van der Waals surface area contributed by atoms with Gasteiger partial charge in [0, 0.05) is 0 Å². The predicted octanol–water partition coefficient (Wildman–Crippen LogP) is 5.63. The van der Waals surface area contributed by atoms with Crippen LogP contribution in [0.3, 0.4) is 0 Å². The summed E-state index contributed by atoms with van der Waals surface area (Å²) in [6.07, 6.45) is 1.66. The number of esters is 1. The molecule has 3 aromatic rings. The number of imide groups is 1. The maximum atomic E-state index is 13.1. The second kappa shape index (κ2) is 11.1. The van der Waals surface area contributed by atoms with Gasteiger partial charge < -0.3 is 14.2 Å². The van der Waals surface area contributed by atoms with Gasteiger partial charge in [0.15, 0.2) is 18.1 Å². The Bertz CT molecular complexity index is 1330. The Hall–Kier alpha value is -3.05. The first kappa shape index (κ1) is 25.1. The molecule has 2 amide bonds. The summed E-state index contributed by atoms with van der Waals surface area (Å²) in [4.78, 5) is 39.1. The number of methoxy groups -OCH3 is 1. The van der Waals surface area contributed by atoms with Crippen LogP contribution in [-0.2, 0) is 20.9 Å². The summed E-state index contributed by atoms with van der Waals surface area (Å²) < 4.78 is 16.6. The third kappa shape index (κ3) is 5.62. The maximum absolute atomic E-state index is 13.1. The van der Waals surface area contributed by atoms with Gasteiger partial charge in [-0.1, -0.05) is 42.5 Å². The van der Waals surface area contributed by atoms with Gasteiger partial charge in [-0.2, -0.15) is 0 Å². The Balaban J connectivity index is 1.56. The van der Waals surface area contributed by atoms with Crippen molar-refractivity contribution >= 4 is 68.3 Å². The number of fused-ring (bicyclic) bond motifs is 1. The summed E-state index contributed by atoms with van der Waals surface area (Å²) in [5.74, 6) is -0.0105. The number of hydrogen-bond acceptors (Lipinski definition) is 7. The first-order valence-corrected chi connectivity index (χ1v) is 12.7. The number of carbonyl (C=O) groups excluding carboxylic acids is 3. The quantitative estimate of drug-likeness (QED) is 0.188. The van der Waals surface area contributed by atoms with Crippen LogP contribution in [-0.4, -0.2) is 42.3 Å². The van der Waals surface area contributed by atoms with Crippen LogP contribution in [0.25, 0.3) is 16.8 Å². The minimum Gasteiger partial charge on any atom is -0.493 e. The number of hydrogen-bond donors (Lipinski definition) is 0. The summed E-state index contributed by atoms with van der Waals surface area (Å²) in [6.45, 7) is 1.95. The Kier molecular flexibility index (Phi) is 7.97.